The summed E-state index contributed by atoms with van der Waals surface area (Å²) in [5.74, 6) is 0.458. The van der Waals surface area contributed by atoms with Crippen LogP contribution >= 0.6 is 34.5 Å². The first-order chi connectivity index (χ1) is 8.11. The lowest BCUT2D eigenvalue weighted by molar-refractivity contribution is 0.0768. The molecule has 0 N–H and O–H groups in total. The predicted molar refractivity (Wildman–Crippen MR) is 75.6 cm³/mol. The van der Waals surface area contributed by atoms with Crippen LogP contribution in [-0.4, -0.2) is 29.8 Å². The maximum Gasteiger partial charge on any atom is 0.265 e. The normalized spacial score (nSPS) is 10.6. The first kappa shape index (κ1) is 14.8. The number of nitrogens with zero attached hydrogens (tertiary/aromatic N) is 1. The Kier molecular flexibility index (Phi) is 6.31. The Balaban J connectivity index is 2.80. The minimum Gasteiger partial charge on any atom is -0.337 e. The summed E-state index contributed by atoms with van der Waals surface area (Å²) in [5.41, 5.74) is 0.960. The van der Waals surface area contributed by atoms with E-state index >= 15 is 0 Å². The molecule has 1 rings (SSSR count). The van der Waals surface area contributed by atoms with E-state index < -0.39 is 0 Å². The molecule has 1 aromatic rings. The molecule has 96 valence electrons. The van der Waals surface area contributed by atoms with Gasteiger partial charge in [0.25, 0.3) is 5.91 Å². The molecule has 0 saturated heterocycles. The van der Waals surface area contributed by atoms with Crippen molar-refractivity contribution in [1.82, 2.24) is 4.90 Å². The number of amides is 1. The molecular formula is C12H17Cl2NOS. The molecule has 0 aromatic carbocycles. The maximum absolute atomic E-state index is 12.3. The Labute approximate surface area is 117 Å². The van der Waals surface area contributed by atoms with Crippen molar-refractivity contribution in [2.75, 3.05) is 19.0 Å². The molecule has 0 spiro atoms. The number of unbranched alkanes of at least 4 members (excludes halogenated alkanes) is 1. The van der Waals surface area contributed by atoms with Crippen molar-refractivity contribution in [2.24, 2.45) is 0 Å². The zero-order valence-electron chi connectivity index (χ0n) is 10.1. The van der Waals surface area contributed by atoms with E-state index in [4.69, 9.17) is 23.2 Å². The zero-order valence-corrected chi connectivity index (χ0v) is 12.5. The number of aryl methyl sites for hydroxylation is 1. The minimum atomic E-state index is 0.00204. The zero-order chi connectivity index (χ0) is 12.8. The minimum absolute atomic E-state index is 0.00204. The molecule has 0 aliphatic rings. The van der Waals surface area contributed by atoms with Gasteiger partial charge in [-0.05, 0) is 24.3 Å². The number of halogens is 2. The fourth-order valence-corrected chi connectivity index (χ4v) is 2.93. The van der Waals surface area contributed by atoms with Crippen LogP contribution in [0.5, 0.6) is 0 Å². The summed E-state index contributed by atoms with van der Waals surface area (Å²) < 4.78 is 0. The molecule has 17 heavy (non-hydrogen) atoms. The van der Waals surface area contributed by atoms with Gasteiger partial charge in [0, 0.05) is 19.0 Å². The third kappa shape index (κ3) is 3.87. The number of carbonyl (C=O) groups excluding carboxylic acids is 1. The summed E-state index contributed by atoms with van der Waals surface area (Å²) in [4.78, 5) is 14.7. The molecule has 1 aromatic heterocycles. The Hall–Kier alpha value is -0.250. The van der Waals surface area contributed by atoms with Crippen molar-refractivity contribution in [2.45, 2.75) is 26.7 Å². The molecule has 0 aliphatic heterocycles. The van der Waals surface area contributed by atoms with Gasteiger partial charge in [0.2, 0.25) is 0 Å². The number of hydrogen-bond acceptors (Lipinski definition) is 2. The Morgan fingerprint density at radius 1 is 1.47 bits per heavy atom. The second-order valence-corrected chi connectivity index (χ2v) is 5.53. The molecule has 0 bridgehead atoms. The third-order valence-corrected chi connectivity index (χ3v) is 4.37. The number of rotatable bonds is 6. The lowest BCUT2D eigenvalue weighted by atomic mass is 10.2. The summed E-state index contributed by atoms with van der Waals surface area (Å²) in [5, 5.41) is 2.49. The van der Waals surface area contributed by atoms with Crippen molar-refractivity contribution in [3.05, 3.63) is 20.8 Å². The van der Waals surface area contributed by atoms with Gasteiger partial charge in [-0.2, -0.15) is 0 Å². The Morgan fingerprint density at radius 3 is 2.65 bits per heavy atom. The summed E-state index contributed by atoms with van der Waals surface area (Å²) >= 11 is 13.2. The number of thiophene rings is 1. The van der Waals surface area contributed by atoms with Crippen molar-refractivity contribution >= 4 is 40.4 Å². The predicted octanol–water partition coefficient (Wildman–Crippen LogP) is 4.19. The fraction of sp³-hybridized carbons (Fsp3) is 0.583. The molecule has 0 unspecified atom stereocenters. The molecule has 0 aliphatic carbocycles. The van der Waals surface area contributed by atoms with Gasteiger partial charge in [-0.15, -0.1) is 22.9 Å². The topological polar surface area (TPSA) is 20.3 Å². The Bertz CT molecular complexity index is 379. The molecule has 0 atom stereocenters. The van der Waals surface area contributed by atoms with E-state index in [0.717, 1.165) is 24.9 Å². The molecule has 0 fully saturated rings. The van der Waals surface area contributed by atoms with E-state index in [-0.39, 0.29) is 5.91 Å². The smallest absolute Gasteiger partial charge is 0.265 e. The van der Waals surface area contributed by atoms with Crippen LogP contribution in [-0.2, 0) is 0 Å². The molecule has 2 nitrogen and oxygen atoms in total. The van der Waals surface area contributed by atoms with Crippen molar-refractivity contribution in [3.63, 3.8) is 0 Å². The van der Waals surface area contributed by atoms with Gasteiger partial charge in [0.15, 0.2) is 0 Å². The monoisotopic (exact) mass is 293 g/mol. The van der Waals surface area contributed by atoms with E-state index in [1.54, 1.807) is 4.90 Å². The lowest BCUT2D eigenvalue weighted by Crippen LogP contribution is -2.33. The van der Waals surface area contributed by atoms with Crippen LogP contribution in [0, 0.1) is 6.92 Å². The van der Waals surface area contributed by atoms with Crippen LogP contribution in [0.15, 0.2) is 5.38 Å². The van der Waals surface area contributed by atoms with Crippen LogP contribution in [0.3, 0.4) is 0 Å². The molecule has 5 heteroatoms. The van der Waals surface area contributed by atoms with E-state index in [1.807, 2.05) is 12.3 Å². The van der Waals surface area contributed by atoms with Gasteiger partial charge in [-0.1, -0.05) is 24.9 Å². The fourth-order valence-electron chi connectivity index (χ4n) is 1.48. The second kappa shape index (κ2) is 7.24. The third-order valence-electron chi connectivity index (χ3n) is 2.52. The second-order valence-electron chi connectivity index (χ2n) is 3.90. The van der Waals surface area contributed by atoms with Gasteiger partial charge in [-0.3, -0.25) is 4.79 Å². The molecule has 1 heterocycles. The number of alkyl halides is 1. The SMILES string of the molecule is CCCCN(CCCl)C(=O)c1scc(C)c1Cl. The first-order valence-electron chi connectivity index (χ1n) is 5.70. The van der Waals surface area contributed by atoms with E-state index in [1.165, 1.54) is 11.3 Å². The summed E-state index contributed by atoms with van der Waals surface area (Å²) in [7, 11) is 0. The highest BCUT2D eigenvalue weighted by atomic mass is 35.5. The van der Waals surface area contributed by atoms with Gasteiger partial charge < -0.3 is 4.90 Å². The van der Waals surface area contributed by atoms with Crippen LogP contribution in [0.4, 0.5) is 0 Å². The highest BCUT2D eigenvalue weighted by Gasteiger charge is 2.20. The van der Waals surface area contributed by atoms with Gasteiger partial charge in [0.05, 0.1) is 5.02 Å². The number of hydrogen-bond donors (Lipinski definition) is 0. The van der Waals surface area contributed by atoms with Crippen LogP contribution < -0.4 is 0 Å². The van der Waals surface area contributed by atoms with Crippen molar-refractivity contribution < 1.29 is 4.79 Å². The van der Waals surface area contributed by atoms with Gasteiger partial charge >= 0.3 is 0 Å². The highest BCUT2D eigenvalue weighted by molar-refractivity contribution is 7.13. The van der Waals surface area contributed by atoms with E-state index in [2.05, 4.69) is 6.92 Å². The van der Waals surface area contributed by atoms with Crippen LogP contribution in [0.2, 0.25) is 5.02 Å². The summed E-state index contributed by atoms with van der Waals surface area (Å²) in [6.45, 7) is 5.34. The van der Waals surface area contributed by atoms with Crippen molar-refractivity contribution in [1.29, 1.82) is 0 Å². The van der Waals surface area contributed by atoms with Crippen molar-refractivity contribution in [3.8, 4) is 0 Å². The largest absolute Gasteiger partial charge is 0.337 e. The maximum atomic E-state index is 12.3. The van der Waals surface area contributed by atoms with Crippen LogP contribution in [0.25, 0.3) is 0 Å². The Morgan fingerprint density at radius 2 is 2.18 bits per heavy atom. The van der Waals surface area contributed by atoms with Crippen LogP contribution in [0.1, 0.15) is 35.0 Å². The average molecular weight is 294 g/mol. The quantitative estimate of drug-likeness (QED) is 0.720. The average Bonchev–Trinajstić information content (AvgIpc) is 2.65. The highest BCUT2D eigenvalue weighted by Crippen LogP contribution is 2.28. The van der Waals surface area contributed by atoms with Gasteiger partial charge in [-0.25, -0.2) is 0 Å². The first-order valence-corrected chi connectivity index (χ1v) is 7.49. The molecule has 0 radical (unpaired) electrons. The van der Waals surface area contributed by atoms with Gasteiger partial charge in [0.1, 0.15) is 4.88 Å². The van der Waals surface area contributed by atoms with E-state index in [0.29, 0.717) is 22.3 Å². The summed E-state index contributed by atoms with van der Waals surface area (Å²) in [6, 6.07) is 0. The van der Waals surface area contributed by atoms with E-state index in [9.17, 15) is 4.79 Å². The molecule has 0 saturated carbocycles. The lowest BCUT2D eigenvalue weighted by Gasteiger charge is -2.20. The number of carbonyl (C=O) groups is 1. The molecular weight excluding hydrogens is 277 g/mol. The summed E-state index contributed by atoms with van der Waals surface area (Å²) in [6.07, 6.45) is 2.05. The standard InChI is InChI=1S/C12H17Cl2NOS/c1-3-4-6-15(7-5-13)12(16)11-10(14)9(2)8-17-11/h8H,3-7H2,1-2H3. The molecule has 1 amide bonds.